The van der Waals surface area contributed by atoms with E-state index in [1.54, 1.807) is 0 Å². The zero-order valence-corrected chi connectivity index (χ0v) is 13.4. The monoisotopic (exact) mass is 360 g/mol. The normalized spacial score (nSPS) is 16.0. The molecule has 2 rings (SSSR count). The first-order valence-electron chi connectivity index (χ1n) is 6.99. The molecule has 0 aliphatic carbocycles. The highest BCUT2D eigenvalue weighted by Gasteiger charge is 2.33. The summed E-state index contributed by atoms with van der Waals surface area (Å²) in [6, 6.07) is 1.73. The Kier molecular flexibility index (Phi) is 5.43. The number of nitro benzene ring substituents is 2. The van der Waals surface area contributed by atoms with Crippen LogP contribution in [0.2, 0.25) is 0 Å². The van der Waals surface area contributed by atoms with Gasteiger partial charge in [0.05, 0.1) is 23.1 Å². The maximum absolute atomic E-state index is 11.6. The molecule has 2 N–H and O–H groups in total. The molecule has 1 aromatic carbocycles. The molecule has 132 valence electrons. The van der Waals surface area contributed by atoms with Crippen molar-refractivity contribution in [3.63, 3.8) is 0 Å². The van der Waals surface area contributed by atoms with Crippen molar-refractivity contribution in [1.29, 1.82) is 0 Å². The van der Waals surface area contributed by atoms with E-state index in [0.29, 0.717) is 32.8 Å². The van der Waals surface area contributed by atoms with Crippen molar-refractivity contribution in [2.45, 2.75) is 11.3 Å². The van der Waals surface area contributed by atoms with Crippen LogP contribution in [0.5, 0.6) is 0 Å². The second-order valence-corrected chi connectivity index (χ2v) is 6.70. The lowest BCUT2D eigenvalue weighted by molar-refractivity contribution is -0.397. The van der Waals surface area contributed by atoms with Crippen LogP contribution in [0.15, 0.2) is 17.0 Å². The first-order valence-corrected chi connectivity index (χ1v) is 8.54. The number of hydrogen-bond donors (Lipinski definition) is 1. The van der Waals surface area contributed by atoms with Gasteiger partial charge in [-0.2, -0.15) is 0 Å². The van der Waals surface area contributed by atoms with Crippen LogP contribution in [0, 0.1) is 20.2 Å². The van der Waals surface area contributed by atoms with Crippen molar-refractivity contribution >= 4 is 21.4 Å². The number of nitrogens with zero attached hydrogens (tertiary/aromatic N) is 3. The highest BCUT2D eigenvalue weighted by molar-refractivity contribution is 7.89. The summed E-state index contributed by atoms with van der Waals surface area (Å²) in [5.74, 6) is 0. The summed E-state index contributed by atoms with van der Waals surface area (Å²) in [4.78, 5) is 22.0. The van der Waals surface area contributed by atoms with Crippen LogP contribution in [0.3, 0.4) is 0 Å². The Morgan fingerprint density at radius 1 is 1.17 bits per heavy atom. The highest BCUT2D eigenvalue weighted by atomic mass is 32.2. The SMILES string of the molecule is NS(=O)(=O)c1ccc([N+](=O)[O-])c(CCN2CCOCC2)c1[N+](=O)[O-]. The van der Waals surface area contributed by atoms with Gasteiger partial charge in [-0.25, -0.2) is 13.6 Å². The fourth-order valence-electron chi connectivity index (χ4n) is 2.55. The quantitative estimate of drug-likeness (QED) is 0.549. The lowest BCUT2D eigenvalue weighted by Gasteiger charge is -2.26. The molecule has 0 spiro atoms. The number of primary sulfonamides is 1. The largest absolute Gasteiger partial charge is 0.379 e. The Labute approximate surface area is 137 Å². The molecule has 1 aliphatic heterocycles. The van der Waals surface area contributed by atoms with Gasteiger partial charge in [-0.1, -0.05) is 0 Å². The molecule has 0 radical (unpaired) electrons. The maximum Gasteiger partial charge on any atom is 0.299 e. The van der Waals surface area contributed by atoms with Crippen LogP contribution >= 0.6 is 0 Å². The molecule has 1 saturated heterocycles. The van der Waals surface area contributed by atoms with E-state index in [4.69, 9.17) is 9.88 Å². The summed E-state index contributed by atoms with van der Waals surface area (Å²) in [5, 5.41) is 27.5. The number of nitrogens with two attached hydrogens (primary N) is 1. The molecule has 1 aliphatic rings. The smallest absolute Gasteiger partial charge is 0.299 e. The summed E-state index contributed by atoms with van der Waals surface area (Å²) in [7, 11) is -4.38. The Bertz CT molecular complexity index is 759. The van der Waals surface area contributed by atoms with Crippen molar-refractivity contribution in [2.24, 2.45) is 5.14 Å². The van der Waals surface area contributed by atoms with E-state index in [1.165, 1.54) is 0 Å². The van der Waals surface area contributed by atoms with Gasteiger partial charge in [0.2, 0.25) is 10.0 Å². The predicted molar refractivity (Wildman–Crippen MR) is 82.1 cm³/mol. The minimum atomic E-state index is -4.38. The van der Waals surface area contributed by atoms with Gasteiger partial charge in [0.1, 0.15) is 5.56 Å². The zero-order chi connectivity index (χ0) is 17.9. The lowest BCUT2D eigenvalue weighted by atomic mass is 10.1. The van der Waals surface area contributed by atoms with Crippen molar-refractivity contribution in [3.05, 3.63) is 37.9 Å². The standard InChI is InChI=1S/C12H16N4O7S/c13-24(21,22)11-2-1-10(15(17)18)9(12(11)16(19)20)3-4-14-5-7-23-8-6-14/h1-2H,3-8H2,(H2,13,21,22). The Balaban J connectivity index is 2.47. The molecule has 1 heterocycles. The molecule has 0 atom stereocenters. The van der Waals surface area contributed by atoms with Crippen LogP contribution in [0.1, 0.15) is 5.56 Å². The van der Waals surface area contributed by atoms with Crippen molar-refractivity contribution < 1.29 is 23.0 Å². The van der Waals surface area contributed by atoms with E-state index in [-0.39, 0.29) is 12.0 Å². The van der Waals surface area contributed by atoms with Gasteiger partial charge in [-0.15, -0.1) is 0 Å². The highest BCUT2D eigenvalue weighted by Crippen LogP contribution is 2.34. The van der Waals surface area contributed by atoms with Gasteiger partial charge < -0.3 is 4.74 Å². The zero-order valence-electron chi connectivity index (χ0n) is 12.6. The summed E-state index contributed by atoms with van der Waals surface area (Å²) in [6.45, 7) is 2.49. The van der Waals surface area contributed by atoms with E-state index < -0.39 is 36.1 Å². The van der Waals surface area contributed by atoms with Gasteiger partial charge >= 0.3 is 0 Å². The number of ether oxygens (including phenoxy) is 1. The van der Waals surface area contributed by atoms with Gasteiger partial charge in [0, 0.05) is 25.7 Å². The molecule has 12 heteroatoms. The predicted octanol–water partition coefficient (Wildman–Crippen LogP) is 0.0251. The fraction of sp³-hybridized carbons (Fsp3) is 0.500. The van der Waals surface area contributed by atoms with Gasteiger partial charge in [-0.3, -0.25) is 25.1 Å². The summed E-state index contributed by atoms with van der Waals surface area (Å²) >= 11 is 0. The van der Waals surface area contributed by atoms with E-state index >= 15 is 0 Å². The summed E-state index contributed by atoms with van der Waals surface area (Å²) in [5.41, 5.74) is -1.58. The minimum Gasteiger partial charge on any atom is -0.379 e. The topological polar surface area (TPSA) is 159 Å². The van der Waals surface area contributed by atoms with Crippen molar-refractivity contribution in [3.8, 4) is 0 Å². The van der Waals surface area contributed by atoms with E-state index in [0.717, 1.165) is 12.1 Å². The number of benzene rings is 1. The third kappa shape index (κ3) is 4.03. The molecule has 0 amide bonds. The Morgan fingerprint density at radius 2 is 1.79 bits per heavy atom. The molecule has 24 heavy (non-hydrogen) atoms. The van der Waals surface area contributed by atoms with Crippen LogP contribution in [-0.4, -0.2) is 56.0 Å². The minimum absolute atomic E-state index is 0.0456. The first-order chi connectivity index (χ1) is 11.2. The Hall–Kier alpha value is -2.15. The van der Waals surface area contributed by atoms with Crippen molar-refractivity contribution in [2.75, 3.05) is 32.8 Å². The number of morpholine rings is 1. The molecule has 0 saturated carbocycles. The molecule has 0 aromatic heterocycles. The number of hydrogen-bond acceptors (Lipinski definition) is 8. The third-order valence-electron chi connectivity index (χ3n) is 3.69. The molecular formula is C12H16N4O7S. The second-order valence-electron chi connectivity index (χ2n) is 5.17. The Morgan fingerprint density at radius 3 is 2.29 bits per heavy atom. The van der Waals surface area contributed by atoms with Crippen LogP contribution in [0.25, 0.3) is 0 Å². The van der Waals surface area contributed by atoms with E-state index in [1.807, 2.05) is 4.90 Å². The fourth-order valence-corrected chi connectivity index (χ4v) is 3.27. The molecule has 0 bridgehead atoms. The lowest BCUT2D eigenvalue weighted by Crippen LogP contribution is -2.37. The molecule has 11 nitrogen and oxygen atoms in total. The number of nitro groups is 2. The molecular weight excluding hydrogens is 344 g/mol. The van der Waals surface area contributed by atoms with Crippen molar-refractivity contribution in [1.82, 2.24) is 4.90 Å². The molecule has 0 unspecified atom stereocenters. The second kappa shape index (κ2) is 7.17. The van der Waals surface area contributed by atoms with Crippen LogP contribution in [0.4, 0.5) is 11.4 Å². The summed E-state index contributed by atoms with van der Waals surface area (Å²) < 4.78 is 28.3. The maximum atomic E-state index is 11.6. The number of rotatable bonds is 6. The third-order valence-corrected chi connectivity index (χ3v) is 4.63. The average molecular weight is 360 g/mol. The number of sulfonamides is 1. The molecule has 1 fully saturated rings. The van der Waals surface area contributed by atoms with Gasteiger partial charge in [0.25, 0.3) is 11.4 Å². The first kappa shape index (κ1) is 18.2. The van der Waals surface area contributed by atoms with E-state index in [9.17, 15) is 28.6 Å². The van der Waals surface area contributed by atoms with E-state index in [2.05, 4.69) is 0 Å². The van der Waals surface area contributed by atoms with Gasteiger partial charge in [-0.05, 0) is 12.5 Å². The molecule has 1 aromatic rings. The van der Waals surface area contributed by atoms with Gasteiger partial charge in [0.15, 0.2) is 4.90 Å². The van der Waals surface area contributed by atoms with Crippen LogP contribution < -0.4 is 5.14 Å². The van der Waals surface area contributed by atoms with Crippen LogP contribution in [-0.2, 0) is 21.2 Å². The summed E-state index contributed by atoms with van der Waals surface area (Å²) in [6.07, 6.45) is -0.0456. The average Bonchev–Trinajstić information content (AvgIpc) is 2.51.